The number of benzene rings is 1. The summed E-state index contributed by atoms with van der Waals surface area (Å²) in [5.41, 5.74) is 0.765. The molecule has 0 aliphatic rings. The Kier molecular flexibility index (Phi) is 6.54. The highest BCUT2D eigenvalue weighted by Crippen LogP contribution is 2.21. The second-order valence-corrected chi connectivity index (χ2v) is 7.02. The lowest BCUT2D eigenvalue weighted by Crippen LogP contribution is -2.13. The summed E-state index contributed by atoms with van der Waals surface area (Å²) in [5.74, 6) is 0.186. The van der Waals surface area contributed by atoms with Crippen molar-refractivity contribution in [1.29, 1.82) is 0 Å². The Hall–Kier alpha value is -1.93. The van der Waals surface area contributed by atoms with Gasteiger partial charge in [-0.25, -0.2) is 0 Å². The predicted molar refractivity (Wildman–Crippen MR) is 94.0 cm³/mol. The molecule has 0 fully saturated rings. The molecule has 1 heterocycles. The van der Waals surface area contributed by atoms with Crippen LogP contribution in [0.4, 0.5) is 10.8 Å². The van der Waals surface area contributed by atoms with Crippen LogP contribution in [0.1, 0.15) is 24.8 Å². The molecule has 6 nitrogen and oxygen atoms in total. The first-order chi connectivity index (χ1) is 11.1. The summed E-state index contributed by atoms with van der Waals surface area (Å²) < 4.78 is 0. The number of aromatic nitrogens is 2. The maximum atomic E-state index is 11.8. The van der Waals surface area contributed by atoms with Gasteiger partial charge in [0.15, 0.2) is 0 Å². The first-order valence-corrected chi connectivity index (χ1v) is 8.99. The van der Waals surface area contributed by atoms with Crippen LogP contribution in [0.2, 0.25) is 0 Å². The van der Waals surface area contributed by atoms with E-state index >= 15 is 0 Å². The number of rotatable bonds is 7. The van der Waals surface area contributed by atoms with Gasteiger partial charge in [0.1, 0.15) is 5.01 Å². The van der Waals surface area contributed by atoms with Crippen molar-refractivity contribution in [2.75, 3.05) is 16.4 Å². The molecular weight excluding hydrogens is 332 g/mol. The molecule has 2 amide bonds. The van der Waals surface area contributed by atoms with E-state index in [-0.39, 0.29) is 11.8 Å². The van der Waals surface area contributed by atoms with Crippen molar-refractivity contribution in [3.05, 3.63) is 29.3 Å². The van der Waals surface area contributed by atoms with Gasteiger partial charge in [-0.3, -0.25) is 14.9 Å². The highest BCUT2D eigenvalue weighted by atomic mass is 32.2. The van der Waals surface area contributed by atoms with Crippen LogP contribution in [0.25, 0.3) is 0 Å². The highest BCUT2D eigenvalue weighted by molar-refractivity contribution is 8.00. The van der Waals surface area contributed by atoms with Crippen molar-refractivity contribution in [1.82, 2.24) is 10.2 Å². The van der Waals surface area contributed by atoms with E-state index in [2.05, 4.69) is 20.8 Å². The number of anilines is 2. The summed E-state index contributed by atoms with van der Waals surface area (Å²) in [5, 5.41) is 14.6. The number of carbonyl (C=O) groups excluding carboxylic acids is 2. The summed E-state index contributed by atoms with van der Waals surface area (Å²) in [4.78, 5) is 24.3. The van der Waals surface area contributed by atoms with Crippen molar-refractivity contribution < 1.29 is 9.59 Å². The molecule has 0 aliphatic heterocycles. The van der Waals surface area contributed by atoms with E-state index in [0.29, 0.717) is 17.3 Å². The maximum Gasteiger partial charge on any atom is 0.236 e. The summed E-state index contributed by atoms with van der Waals surface area (Å²) in [6.07, 6.45) is 1.34. The highest BCUT2D eigenvalue weighted by Gasteiger charge is 2.07. The number of aryl methyl sites for hydroxylation is 1. The number of thioether (sulfide) groups is 1. The zero-order chi connectivity index (χ0) is 16.7. The predicted octanol–water partition coefficient (Wildman–Crippen LogP) is 3.32. The van der Waals surface area contributed by atoms with Crippen LogP contribution in [0.5, 0.6) is 0 Å². The molecule has 0 unspecified atom stereocenters. The number of hydrogen-bond donors (Lipinski definition) is 2. The van der Waals surface area contributed by atoms with E-state index in [1.165, 1.54) is 23.1 Å². The SMILES string of the molecule is CCCC(=O)Nc1ccc(SCC(=O)Nc2nnc(C)s2)cc1. The van der Waals surface area contributed by atoms with Gasteiger partial charge in [-0.1, -0.05) is 18.3 Å². The van der Waals surface area contributed by atoms with Crippen molar-refractivity contribution in [2.45, 2.75) is 31.6 Å². The van der Waals surface area contributed by atoms with Crippen LogP contribution in [0, 0.1) is 6.92 Å². The Balaban J connectivity index is 1.79. The van der Waals surface area contributed by atoms with Gasteiger partial charge >= 0.3 is 0 Å². The minimum absolute atomic E-state index is 0.0135. The standard InChI is InChI=1S/C15H18N4O2S2/c1-3-4-13(20)16-11-5-7-12(8-6-11)22-9-14(21)17-15-19-18-10(2)23-15/h5-8H,3-4,9H2,1-2H3,(H,16,20)(H,17,19,21). The van der Waals surface area contributed by atoms with Gasteiger partial charge in [0.2, 0.25) is 16.9 Å². The lowest BCUT2D eigenvalue weighted by Gasteiger charge is -2.06. The van der Waals surface area contributed by atoms with Gasteiger partial charge < -0.3 is 5.32 Å². The minimum Gasteiger partial charge on any atom is -0.326 e. The lowest BCUT2D eigenvalue weighted by atomic mass is 10.3. The van der Waals surface area contributed by atoms with E-state index < -0.39 is 0 Å². The zero-order valence-corrected chi connectivity index (χ0v) is 14.6. The summed E-state index contributed by atoms with van der Waals surface area (Å²) in [7, 11) is 0. The van der Waals surface area contributed by atoms with Crippen molar-refractivity contribution in [3.63, 3.8) is 0 Å². The van der Waals surface area contributed by atoms with Crippen molar-refractivity contribution in [3.8, 4) is 0 Å². The molecule has 0 radical (unpaired) electrons. The molecule has 2 N–H and O–H groups in total. The Morgan fingerprint density at radius 2 is 1.87 bits per heavy atom. The van der Waals surface area contributed by atoms with Crippen molar-refractivity contribution in [2.24, 2.45) is 0 Å². The Labute approximate surface area is 143 Å². The largest absolute Gasteiger partial charge is 0.326 e. The van der Waals surface area contributed by atoms with Gasteiger partial charge in [-0.2, -0.15) is 0 Å². The van der Waals surface area contributed by atoms with E-state index in [1.54, 1.807) is 0 Å². The fourth-order valence-corrected chi connectivity index (χ4v) is 3.04. The molecule has 0 aliphatic carbocycles. The Morgan fingerprint density at radius 1 is 1.13 bits per heavy atom. The molecule has 122 valence electrons. The first kappa shape index (κ1) is 17.4. The van der Waals surface area contributed by atoms with E-state index in [4.69, 9.17) is 0 Å². The molecule has 1 aromatic carbocycles. The van der Waals surface area contributed by atoms with Gasteiger partial charge in [-0.05, 0) is 37.6 Å². The van der Waals surface area contributed by atoms with Gasteiger partial charge in [-0.15, -0.1) is 22.0 Å². The smallest absolute Gasteiger partial charge is 0.236 e. The molecule has 8 heteroatoms. The third kappa shape index (κ3) is 5.99. The number of nitrogens with zero attached hydrogens (tertiary/aromatic N) is 2. The summed E-state index contributed by atoms with van der Waals surface area (Å²) in [6.45, 7) is 3.80. The topological polar surface area (TPSA) is 84.0 Å². The normalized spacial score (nSPS) is 10.3. The number of amides is 2. The van der Waals surface area contributed by atoms with Gasteiger partial charge in [0.25, 0.3) is 0 Å². The fraction of sp³-hybridized carbons (Fsp3) is 0.333. The second-order valence-electron chi connectivity index (χ2n) is 4.79. The molecule has 0 atom stereocenters. The quantitative estimate of drug-likeness (QED) is 0.749. The molecule has 2 rings (SSSR count). The number of hydrogen-bond acceptors (Lipinski definition) is 6. The third-order valence-corrected chi connectivity index (χ3v) is 4.52. The molecule has 0 saturated heterocycles. The van der Waals surface area contributed by atoms with E-state index in [9.17, 15) is 9.59 Å². The molecular formula is C15H18N4O2S2. The van der Waals surface area contributed by atoms with Crippen LogP contribution >= 0.6 is 23.1 Å². The Bertz CT molecular complexity index is 670. The molecule has 0 bridgehead atoms. The zero-order valence-electron chi connectivity index (χ0n) is 13.0. The molecule has 23 heavy (non-hydrogen) atoms. The third-order valence-electron chi connectivity index (χ3n) is 2.76. The average molecular weight is 350 g/mol. The molecule has 0 saturated carbocycles. The second kappa shape index (κ2) is 8.64. The summed E-state index contributed by atoms with van der Waals surface area (Å²) in [6, 6.07) is 7.44. The lowest BCUT2D eigenvalue weighted by molar-refractivity contribution is -0.116. The molecule has 2 aromatic rings. The van der Waals surface area contributed by atoms with Gasteiger partial charge in [0, 0.05) is 17.0 Å². The minimum atomic E-state index is -0.119. The summed E-state index contributed by atoms with van der Waals surface area (Å²) >= 11 is 2.77. The van der Waals surface area contributed by atoms with Crippen LogP contribution in [0.3, 0.4) is 0 Å². The van der Waals surface area contributed by atoms with E-state index in [1.807, 2.05) is 38.1 Å². The van der Waals surface area contributed by atoms with Crippen LogP contribution in [-0.2, 0) is 9.59 Å². The maximum absolute atomic E-state index is 11.8. The van der Waals surface area contributed by atoms with Gasteiger partial charge in [0.05, 0.1) is 5.75 Å². The monoisotopic (exact) mass is 350 g/mol. The van der Waals surface area contributed by atoms with Crippen molar-refractivity contribution >= 4 is 45.7 Å². The van der Waals surface area contributed by atoms with Crippen LogP contribution < -0.4 is 10.6 Å². The molecule has 1 aromatic heterocycles. The van der Waals surface area contributed by atoms with E-state index in [0.717, 1.165) is 22.0 Å². The first-order valence-electron chi connectivity index (χ1n) is 7.19. The molecule has 0 spiro atoms. The number of nitrogens with one attached hydrogen (secondary N) is 2. The van der Waals surface area contributed by atoms with Crippen LogP contribution in [-0.4, -0.2) is 27.8 Å². The Morgan fingerprint density at radius 3 is 2.48 bits per heavy atom. The number of carbonyl (C=O) groups is 2. The average Bonchev–Trinajstić information content (AvgIpc) is 2.92. The fourth-order valence-electron chi connectivity index (χ4n) is 1.74. The van der Waals surface area contributed by atoms with Crippen LogP contribution in [0.15, 0.2) is 29.2 Å².